The van der Waals surface area contributed by atoms with E-state index in [1.165, 1.54) is 0 Å². The fraction of sp³-hybridized carbons (Fsp3) is 0.125. The molecule has 0 aromatic heterocycles. The molecule has 0 unspecified atom stereocenters. The standard InChI is InChI=1S/C8H9BO4/c1-6-2-4-7(5-3-6)8(10)13-9(11)12/h2-5,11-12H,1H3. The maximum Gasteiger partial charge on any atom is 0.709 e. The Morgan fingerprint density at radius 3 is 2.31 bits per heavy atom. The van der Waals surface area contributed by atoms with Crippen LogP contribution in [0, 0.1) is 6.92 Å². The molecule has 0 aliphatic rings. The lowest BCUT2D eigenvalue weighted by atomic mass is 10.1. The van der Waals surface area contributed by atoms with Crippen LogP contribution in [-0.2, 0) is 4.65 Å². The van der Waals surface area contributed by atoms with E-state index in [9.17, 15) is 4.79 Å². The number of hydrogen-bond donors (Lipinski definition) is 2. The summed E-state index contributed by atoms with van der Waals surface area (Å²) < 4.78 is 4.15. The quantitative estimate of drug-likeness (QED) is 0.634. The summed E-state index contributed by atoms with van der Waals surface area (Å²) in [6, 6.07) is 6.58. The molecule has 0 aliphatic heterocycles. The Morgan fingerprint density at radius 1 is 1.31 bits per heavy atom. The highest BCUT2D eigenvalue weighted by molar-refractivity contribution is 6.36. The van der Waals surface area contributed by atoms with Gasteiger partial charge in [0.05, 0.1) is 5.56 Å². The van der Waals surface area contributed by atoms with Crippen molar-refractivity contribution in [1.82, 2.24) is 0 Å². The van der Waals surface area contributed by atoms with Crippen LogP contribution < -0.4 is 0 Å². The molecule has 0 amide bonds. The van der Waals surface area contributed by atoms with Crippen LogP contribution in [0.5, 0.6) is 0 Å². The van der Waals surface area contributed by atoms with Crippen LogP contribution in [-0.4, -0.2) is 23.3 Å². The lowest BCUT2D eigenvalue weighted by molar-refractivity contribution is 0.0648. The first-order valence-corrected chi connectivity index (χ1v) is 3.73. The molecular weight excluding hydrogens is 171 g/mol. The van der Waals surface area contributed by atoms with E-state index in [4.69, 9.17) is 10.0 Å². The average molecular weight is 180 g/mol. The van der Waals surface area contributed by atoms with Gasteiger partial charge in [0.25, 0.3) is 0 Å². The molecule has 1 rings (SSSR count). The van der Waals surface area contributed by atoms with E-state index in [-0.39, 0.29) is 0 Å². The molecule has 0 radical (unpaired) electrons. The van der Waals surface area contributed by atoms with E-state index < -0.39 is 13.3 Å². The van der Waals surface area contributed by atoms with Crippen molar-refractivity contribution in [1.29, 1.82) is 0 Å². The van der Waals surface area contributed by atoms with Gasteiger partial charge in [-0.3, -0.25) is 0 Å². The average Bonchev–Trinajstić information content (AvgIpc) is 2.04. The smallest absolute Gasteiger partial charge is 0.481 e. The number of carbonyl (C=O) groups is 1. The third-order valence-electron chi connectivity index (χ3n) is 1.50. The number of aryl methyl sites for hydroxylation is 1. The third kappa shape index (κ3) is 2.89. The largest absolute Gasteiger partial charge is 0.709 e. The van der Waals surface area contributed by atoms with Crippen molar-refractivity contribution in [2.45, 2.75) is 6.92 Å². The van der Waals surface area contributed by atoms with Gasteiger partial charge in [0.2, 0.25) is 0 Å². The molecule has 5 heteroatoms. The lowest BCUT2D eigenvalue weighted by Crippen LogP contribution is -2.21. The zero-order chi connectivity index (χ0) is 9.84. The third-order valence-corrected chi connectivity index (χ3v) is 1.50. The van der Waals surface area contributed by atoms with E-state index >= 15 is 0 Å². The molecule has 0 spiro atoms. The van der Waals surface area contributed by atoms with Gasteiger partial charge in [-0.05, 0) is 19.1 Å². The van der Waals surface area contributed by atoms with Gasteiger partial charge in [-0.15, -0.1) is 0 Å². The van der Waals surface area contributed by atoms with Gasteiger partial charge in [0.15, 0.2) is 0 Å². The van der Waals surface area contributed by atoms with Crippen LogP contribution in [0.3, 0.4) is 0 Å². The van der Waals surface area contributed by atoms with Crippen molar-refractivity contribution < 1.29 is 19.5 Å². The molecule has 68 valence electrons. The molecule has 0 atom stereocenters. The van der Waals surface area contributed by atoms with Gasteiger partial charge < -0.3 is 14.7 Å². The maximum atomic E-state index is 11.0. The van der Waals surface area contributed by atoms with Crippen molar-refractivity contribution in [2.24, 2.45) is 0 Å². The minimum absolute atomic E-state index is 0.290. The van der Waals surface area contributed by atoms with Gasteiger partial charge in [-0.2, -0.15) is 0 Å². The number of hydrogen-bond acceptors (Lipinski definition) is 4. The summed E-state index contributed by atoms with van der Waals surface area (Å²) in [6.07, 6.45) is 0. The second-order valence-electron chi connectivity index (χ2n) is 2.60. The van der Waals surface area contributed by atoms with Gasteiger partial charge >= 0.3 is 13.3 Å². The lowest BCUT2D eigenvalue weighted by Gasteiger charge is -2.02. The van der Waals surface area contributed by atoms with Crippen LogP contribution >= 0.6 is 0 Å². The monoisotopic (exact) mass is 180 g/mol. The molecule has 13 heavy (non-hydrogen) atoms. The summed E-state index contributed by atoms with van der Waals surface area (Å²) in [6.45, 7) is 1.88. The van der Waals surface area contributed by atoms with Crippen molar-refractivity contribution in [3.63, 3.8) is 0 Å². The first-order chi connectivity index (χ1) is 6.09. The van der Waals surface area contributed by atoms with Gasteiger partial charge in [-0.25, -0.2) is 4.79 Å². The first kappa shape index (κ1) is 9.76. The van der Waals surface area contributed by atoms with Crippen molar-refractivity contribution in [2.75, 3.05) is 0 Å². The Balaban J connectivity index is 2.72. The van der Waals surface area contributed by atoms with Crippen LogP contribution in [0.15, 0.2) is 24.3 Å². The van der Waals surface area contributed by atoms with Gasteiger partial charge in [0, 0.05) is 0 Å². The molecule has 2 N–H and O–H groups in total. The normalized spacial score (nSPS) is 9.46. The fourth-order valence-corrected chi connectivity index (χ4v) is 0.853. The topological polar surface area (TPSA) is 66.8 Å². The summed E-state index contributed by atoms with van der Waals surface area (Å²) in [7, 11) is -2.06. The predicted octanol–water partition coefficient (Wildman–Crippen LogP) is 0.121. The molecule has 0 saturated heterocycles. The van der Waals surface area contributed by atoms with E-state index in [2.05, 4.69) is 4.65 Å². The van der Waals surface area contributed by atoms with Crippen LogP contribution in [0.2, 0.25) is 0 Å². The highest BCUT2D eigenvalue weighted by atomic mass is 16.6. The van der Waals surface area contributed by atoms with Crippen molar-refractivity contribution >= 4 is 13.3 Å². The molecule has 1 aromatic rings. The molecule has 4 nitrogen and oxygen atoms in total. The second kappa shape index (κ2) is 4.07. The van der Waals surface area contributed by atoms with Crippen LogP contribution in [0.25, 0.3) is 0 Å². The van der Waals surface area contributed by atoms with Crippen molar-refractivity contribution in [3.05, 3.63) is 35.4 Å². The van der Waals surface area contributed by atoms with Crippen LogP contribution in [0.1, 0.15) is 15.9 Å². The molecule has 0 aliphatic carbocycles. The molecule has 0 heterocycles. The zero-order valence-corrected chi connectivity index (χ0v) is 7.10. The molecule has 0 fully saturated rings. The summed E-state index contributed by atoms with van der Waals surface area (Å²) >= 11 is 0. The predicted molar refractivity (Wildman–Crippen MR) is 46.8 cm³/mol. The van der Waals surface area contributed by atoms with Gasteiger partial charge in [0.1, 0.15) is 0 Å². The summed E-state index contributed by atoms with van der Waals surface area (Å²) in [5.41, 5.74) is 1.31. The highest BCUT2D eigenvalue weighted by Gasteiger charge is 2.16. The Labute approximate surface area is 76.0 Å². The summed E-state index contributed by atoms with van der Waals surface area (Å²) in [5, 5.41) is 16.7. The molecule has 0 saturated carbocycles. The Hall–Kier alpha value is -1.33. The molecule has 1 aromatic carbocycles. The Bertz CT molecular complexity index is 294. The Morgan fingerprint density at radius 2 is 1.85 bits per heavy atom. The number of carbonyl (C=O) groups excluding carboxylic acids is 1. The fourth-order valence-electron chi connectivity index (χ4n) is 0.853. The van der Waals surface area contributed by atoms with Gasteiger partial charge in [-0.1, -0.05) is 17.7 Å². The van der Waals surface area contributed by atoms with Crippen LogP contribution in [0.4, 0.5) is 0 Å². The minimum Gasteiger partial charge on any atom is -0.481 e. The summed E-state index contributed by atoms with van der Waals surface area (Å²) in [4.78, 5) is 11.0. The maximum absolute atomic E-state index is 11.0. The second-order valence-corrected chi connectivity index (χ2v) is 2.60. The number of benzene rings is 1. The van der Waals surface area contributed by atoms with E-state index in [0.717, 1.165) is 5.56 Å². The highest BCUT2D eigenvalue weighted by Crippen LogP contribution is 2.04. The number of rotatable bonds is 2. The molecule has 0 bridgehead atoms. The Kier molecular flexibility index (Phi) is 3.05. The zero-order valence-electron chi connectivity index (χ0n) is 7.10. The van der Waals surface area contributed by atoms with E-state index in [1.54, 1.807) is 24.3 Å². The van der Waals surface area contributed by atoms with E-state index in [1.807, 2.05) is 6.92 Å². The summed E-state index contributed by atoms with van der Waals surface area (Å²) in [5.74, 6) is -0.755. The first-order valence-electron chi connectivity index (χ1n) is 3.73. The SMILES string of the molecule is Cc1ccc(C(=O)OB(O)O)cc1. The minimum atomic E-state index is -2.06. The van der Waals surface area contributed by atoms with Crippen molar-refractivity contribution in [3.8, 4) is 0 Å². The van der Waals surface area contributed by atoms with E-state index in [0.29, 0.717) is 5.56 Å². The molecular formula is C8H9BO4.